The Hall–Kier alpha value is -2.82. The van der Waals surface area contributed by atoms with Gasteiger partial charge < -0.3 is 10.1 Å². The molecule has 3 rings (SSSR count). The third-order valence-corrected chi connectivity index (χ3v) is 4.48. The maximum atomic E-state index is 12.7. The van der Waals surface area contributed by atoms with Gasteiger partial charge in [0.1, 0.15) is 12.3 Å². The van der Waals surface area contributed by atoms with Gasteiger partial charge in [-0.25, -0.2) is 0 Å². The van der Waals surface area contributed by atoms with Crippen molar-refractivity contribution in [3.63, 3.8) is 0 Å². The maximum absolute atomic E-state index is 12.7. The number of nitrogens with one attached hydrogen (secondary N) is 1. The number of nitrogens with zero attached hydrogens (tertiary/aromatic N) is 1. The number of ether oxygens (including phenoxy) is 1. The highest BCUT2D eigenvalue weighted by Gasteiger charge is 2.32. The highest BCUT2D eigenvalue weighted by Crippen LogP contribution is 2.34. The van der Waals surface area contributed by atoms with Gasteiger partial charge in [0, 0.05) is 5.69 Å². The molecule has 5 heteroatoms. The fourth-order valence-corrected chi connectivity index (χ4v) is 3.13. The van der Waals surface area contributed by atoms with Crippen LogP contribution in [-0.4, -0.2) is 24.5 Å². The SMILES string of the molecule is Cc1ccc2c(c1)N(CC(=O)Nc1ccccc1C(C)C)C(=O)C(C)O2. The van der Waals surface area contributed by atoms with Gasteiger partial charge in [-0.05, 0) is 49.1 Å². The van der Waals surface area contributed by atoms with Gasteiger partial charge in [-0.1, -0.05) is 38.1 Å². The van der Waals surface area contributed by atoms with Crippen molar-refractivity contribution in [3.8, 4) is 5.75 Å². The fourth-order valence-electron chi connectivity index (χ4n) is 3.13. The molecule has 0 radical (unpaired) electrons. The number of anilines is 2. The Labute approximate surface area is 154 Å². The normalized spacial score (nSPS) is 16.3. The highest BCUT2D eigenvalue weighted by atomic mass is 16.5. The van der Waals surface area contributed by atoms with Gasteiger partial charge in [-0.15, -0.1) is 0 Å². The fraction of sp³-hybridized carbons (Fsp3) is 0.333. The van der Waals surface area contributed by atoms with Gasteiger partial charge >= 0.3 is 0 Å². The van der Waals surface area contributed by atoms with Crippen LogP contribution in [0.15, 0.2) is 42.5 Å². The first-order valence-electron chi connectivity index (χ1n) is 8.84. The number of carbonyl (C=O) groups is 2. The van der Waals surface area contributed by atoms with Crippen LogP contribution in [-0.2, 0) is 9.59 Å². The van der Waals surface area contributed by atoms with E-state index in [0.717, 1.165) is 16.8 Å². The van der Waals surface area contributed by atoms with Crippen LogP contribution in [0.3, 0.4) is 0 Å². The number of hydrogen-bond acceptors (Lipinski definition) is 3. The number of para-hydroxylation sites is 1. The molecule has 2 aromatic carbocycles. The quantitative estimate of drug-likeness (QED) is 0.909. The second-order valence-electron chi connectivity index (χ2n) is 6.95. The standard InChI is InChI=1S/C21H24N2O3/c1-13(2)16-7-5-6-8-17(16)22-20(24)12-23-18-11-14(3)9-10-19(18)26-15(4)21(23)25/h5-11,13,15H,12H2,1-4H3,(H,22,24). The Kier molecular flexibility index (Phi) is 4.98. The number of carbonyl (C=O) groups excluding carboxylic acids is 2. The predicted octanol–water partition coefficient (Wildman–Crippen LogP) is 3.87. The summed E-state index contributed by atoms with van der Waals surface area (Å²) in [5.41, 5.74) is 3.50. The van der Waals surface area contributed by atoms with Gasteiger partial charge in [0.05, 0.1) is 5.69 Å². The lowest BCUT2D eigenvalue weighted by atomic mass is 10.0. The molecular weight excluding hydrogens is 328 g/mol. The molecule has 0 saturated carbocycles. The van der Waals surface area contributed by atoms with Crippen molar-refractivity contribution in [1.82, 2.24) is 0 Å². The highest BCUT2D eigenvalue weighted by molar-refractivity contribution is 6.06. The molecule has 26 heavy (non-hydrogen) atoms. The minimum Gasteiger partial charge on any atom is -0.479 e. The molecule has 1 N–H and O–H groups in total. The average Bonchev–Trinajstić information content (AvgIpc) is 2.60. The average molecular weight is 352 g/mol. The molecule has 2 aromatic rings. The Morgan fingerprint density at radius 3 is 2.69 bits per heavy atom. The van der Waals surface area contributed by atoms with Gasteiger partial charge in [0.2, 0.25) is 5.91 Å². The van der Waals surface area contributed by atoms with Gasteiger partial charge in [0.15, 0.2) is 6.10 Å². The van der Waals surface area contributed by atoms with Crippen LogP contribution in [0.5, 0.6) is 5.75 Å². The molecule has 0 aliphatic carbocycles. The summed E-state index contributed by atoms with van der Waals surface area (Å²) < 4.78 is 5.66. The van der Waals surface area contributed by atoms with Crippen molar-refractivity contribution in [2.75, 3.05) is 16.8 Å². The zero-order valence-electron chi connectivity index (χ0n) is 15.6. The zero-order valence-corrected chi connectivity index (χ0v) is 15.6. The molecule has 5 nitrogen and oxygen atoms in total. The number of benzene rings is 2. The number of hydrogen-bond donors (Lipinski definition) is 1. The van der Waals surface area contributed by atoms with E-state index in [2.05, 4.69) is 19.2 Å². The van der Waals surface area contributed by atoms with E-state index in [9.17, 15) is 9.59 Å². The first-order chi connectivity index (χ1) is 12.4. The van der Waals surface area contributed by atoms with E-state index in [1.807, 2.05) is 49.4 Å². The van der Waals surface area contributed by atoms with E-state index in [-0.39, 0.29) is 18.4 Å². The summed E-state index contributed by atoms with van der Waals surface area (Å²) in [7, 11) is 0. The Balaban J connectivity index is 1.83. The summed E-state index contributed by atoms with van der Waals surface area (Å²) in [6, 6.07) is 13.4. The number of rotatable bonds is 4. The zero-order chi connectivity index (χ0) is 18.8. The number of fused-ring (bicyclic) bond motifs is 1. The molecule has 1 aliphatic heterocycles. The van der Waals surface area contributed by atoms with Gasteiger partial charge in [-0.2, -0.15) is 0 Å². The summed E-state index contributed by atoms with van der Waals surface area (Å²) in [4.78, 5) is 26.7. The summed E-state index contributed by atoms with van der Waals surface area (Å²) in [6.45, 7) is 7.76. The largest absolute Gasteiger partial charge is 0.479 e. The van der Waals surface area contributed by atoms with Crippen molar-refractivity contribution in [2.24, 2.45) is 0 Å². The van der Waals surface area contributed by atoms with Crippen molar-refractivity contribution in [3.05, 3.63) is 53.6 Å². The van der Waals surface area contributed by atoms with E-state index in [1.54, 1.807) is 6.92 Å². The molecule has 0 aromatic heterocycles. The first-order valence-corrected chi connectivity index (χ1v) is 8.84. The first kappa shape index (κ1) is 18.0. The minimum absolute atomic E-state index is 0.0462. The van der Waals surface area contributed by atoms with Crippen LogP contribution in [0, 0.1) is 6.92 Å². The smallest absolute Gasteiger partial charge is 0.268 e. The second kappa shape index (κ2) is 7.20. The molecule has 1 heterocycles. The van der Waals surface area contributed by atoms with Crippen molar-refractivity contribution < 1.29 is 14.3 Å². The lowest BCUT2D eigenvalue weighted by Gasteiger charge is -2.32. The van der Waals surface area contributed by atoms with Gasteiger partial charge in [0.25, 0.3) is 5.91 Å². The van der Waals surface area contributed by atoms with Crippen LogP contribution in [0.4, 0.5) is 11.4 Å². The molecule has 136 valence electrons. The van der Waals surface area contributed by atoms with E-state index < -0.39 is 6.10 Å². The third kappa shape index (κ3) is 3.57. The van der Waals surface area contributed by atoms with E-state index in [4.69, 9.17) is 4.74 Å². The lowest BCUT2D eigenvalue weighted by molar-refractivity contribution is -0.127. The molecule has 0 spiro atoms. The number of aryl methyl sites for hydroxylation is 1. The minimum atomic E-state index is -0.610. The molecule has 2 amide bonds. The van der Waals surface area contributed by atoms with Crippen molar-refractivity contribution in [1.29, 1.82) is 0 Å². The van der Waals surface area contributed by atoms with Crippen LogP contribution < -0.4 is 15.0 Å². The van der Waals surface area contributed by atoms with Crippen LogP contribution in [0.2, 0.25) is 0 Å². The van der Waals surface area contributed by atoms with E-state index in [0.29, 0.717) is 17.4 Å². The third-order valence-electron chi connectivity index (χ3n) is 4.48. The van der Waals surface area contributed by atoms with E-state index in [1.165, 1.54) is 4.90 Å². The monoisotopic (exact) mass is 352 g/mol. The molecule has 0 saturated heterocycles. The molecule has 1 aliphatic rings. The summed E-state index contributed by atoms with van der Waals surface area (Å²) in [6.07, 6.45) is -0.610. The van der Waals surface area contributed by atoms with Crippen LogP contribution in [0.25, 0.3) is 0 Å². The second-order valence-corrected chi connectivity index (χ2v) is 6.95. The molecule has 1 unspecified atom stereocenters. The van der Waals surface area contributed by atoms with E-state index >= 15 is 0 Å². The van der Waals surface area contributed by atoms with Crippen molar-refractivity contribution >= 4 is 23.2 Å². The molecule has 0 fully saturated rings. The molecule has 1 atom stereocenters. The van der Waals surface area contributed by atoms with Crippen molar-refractivity contribution in [2.45, 2.75) is 39.7 Å². The molecule has 0 bridgehead atoms. The topological polar surface area (TPSA) is 58.6 Å². The summed E-state index contributed by atoms with van der Waals surface area (Å²) in [5, 5.41) is 2.95. The molecular formula is C21H24N2O3. The Morgan fingerprint density at radius 2 is 1.96 bits per heavy atom. The summed E-state index contributed by atoms with van der Waals surface area (Å²) in [5.74, 6) is 0.474. The van der Waals surface area contributed by atoms with Gasteiger partial charge in [-0.3, -0.25) is 14.5 Å². The summed E-state index contributed by atoms with van der Waals surface area (Å²) >= 11 is 0. The van der Waals surface area contributed by atoms with Crippen LogP contribution >= 0.6 is 0 Å². The predicted molar refractivity (Wildman–Crippen MR) is 103 cm³/mol. The maximum Gasteiger partial charge on any atom is 0.268 e. The Bertz CT molecular complexity index is 845. The number of amides is 2. The lowest BCUT2D eigenvalue weighted by Crippen LogP contribution is -2.47. The van der Waals surface area contributed by atoms with Crippen LogP contribution in [0.1, 0.15) is 37.8 Å². The Morgan fingerprint density at radius 1 is 1.23 bits per heavy atom.